The van der Waals surface area contributed by atoms with Crippen molar-refractivity contribution in [1.29, 1.82) is 0 Å². The molecule has 1 amide bonds. The predicted molar refractivity (Wildman–Crippen MR) is 95.4 cm³/mol. The Morgan fingerprint density at radius 2 is 1.92 bits per heavy atom. The third-order valence-corrected chi connectivity index (χ3v) is 4.80. The number of nitrogens with one attached hydrogen (secondary N) is 1. The van der Waals surface area contributed by atoms with E-state index in [0.29, 0.717) is 16.5 Å². The fraction of sp³-hybridized carbons (Fsp3) is 0.158. The first-order valence-corrected chi connectivity index (χ1v) is 8.39. The molecule has 2 aromatic carbocycles. The highest BCUT2D eigenvalue weighted by Crippen LogP contribution is 2.32. The van der Waals surface area contributed by atoms with Crippen LogP contribution in [0.25, 0.3) is 11.0 Å². The highest BCUT2D eigenvalue weighted by molar-refractivity contribution is 9.10. The molecule has 120 valence electrons. The van der Waals surface area contributed by atoms with Gasteiger partial charge >= 0.3 is 0 Å². The van der Waals surface area contributed by atoms with E-state index in [2.05, 4.69) is 21.2 Å². The minimum absolute atomic E-state index is 0.115. The average molecular weight is 384 g/mol. The van der Waals surface area contributed by atoms with Crippen LogP contribution in [0.2, 0.25) is 0 Å². The van der Waals surface area contributed by atoms with Gasteiger partial charge in [0, 0.05) is 4.47 Å². The number of hydrogen-bond acceptors (Lipinski definition) is 3. The second-order valence-electron chi connectivity index (χ2n) is 6.09. The van der Waals surface area contributed by atoms with Crippen LogP contribution in [0.5, 0.6) is 0 Å². The van der Waals surface area contributed by atoms with Crippen molar-refractivity contribution in [1.82, 2.24) is 5.32 Å². The minimum Gasteiger partial charge on any atom is -0.450 e. The molecule has 24 heavy (non-hydrogen) atoms. The number of carbonyl (C=O) groups is 1. The molecular formula is C19H14BrNO3. The van der Waals surface area contributed by atoms with Gasteiger partial charge in [-0.1, -0.05) is 34.1 Å². The van der Waals surface area contributed by atoms with Gasteiger partial charge < -0.3 is 9.73 Å². The van der Waals surface area contributed by atoms with Crippen LogP contribution in [0.4, 0.5) is 0 Å². The third kappa shape index (κ3) is 2.19. The Morgan fingerprint density at radius 3 is 2.67 bits per heavy atom. The number of benzene rings is 2. The molecule has 5 heteroatoms. The molecule has 0 saturated carbocycles. The van der Waals surface area contributed by atoms with Gasteiger partial charge in [-0.3, -0.25) is 9.59 Å². The summed E-state index contributed by atoms with van der Waals surface area (Å²) in [6.07, 6.45) is 0. The van der Waals surface area contributed by atoms with Gasteiger partial charge in [0.15, 0.2) is 5.43 Å². The number of rotatable bonds is 1. The number of aryl methyl sites for hydroxylation is 2. The van der Waals surface area contributed by atoms with E-state index < -0.39 is 6.04 Å². The van der Waals surface area contributed by atoms with Crippen molar-refractivity contribution in [2.24, 2.45) is 0 Å². The monoisotopic (exact) mass is 383 g/mol. The van der Waals surface area contributed by atoms with Crippen molar-refractivity contribution >= 4 is 32.8 Å². The molecule has 0 saturated heterocycles. The lowest BCUT2D eigenvalue weighted by Crippen LogP contribution is -2.21. The first-order valence-electron chi connectivity index (χ1n) is 7.60. The Kier molecular flexibility index (Phi) is 3.35. The number of amides is 1. The topological polar surface area (TPSA) is 59.3 Å². The maximum Gasteiger partial charge on any atom is 0.288 e. The van der Waals surface area contributed by atoms with Crippen LogP contribution in [0.3, 0.4) is 0 Å². The molecule has 4 nitrogen and oxygen atoms in total. The van der Waals surface area contributed by atoms with E-state index in [-0.39, 0.29) is 17.1 Å². The van der Waals surface area contributed by atoms with Gasteiger partial charge in [-0.2, -0.15) is 0 Å². The van der Waals surface area contributed by atoms with E-state index in [9.17, 15) is 9.59 Å². The Hall–Kier alpha value is -2.40. The Balaban J connectivity index is 2.04. The van der Waals surface area contributed by atoms with Crippen LogP contribution in [0.15, 0.2) is 50.1 Å². The van der Waals surface area contributed by atoms with E-state index in [1.54, 1.807) is 0 Å². The van der Waals surface area contributed by atoms with Crippen molar-refractivity contribution in [2.45, 2.75) is 19.9 Å². The summed E-state index contributed by atoms with van der Waals surface area (Å²) in [6, 6.07) is 10.8. The van der Waals surface area contributed by atoms with Crippen molar-refractivity contribution in [3.8, 4) is 0 Å². The Bertz CT molecular complexity index is 1070. The largest absolute Gasteiger partial charge is 0.450 e. The molecule has 0 bridgehead atoms. The summed E-state index contributed by atoms with van der Waals surface area (Å²) in [5.41, 5.74) is 3.39. The summed E-state index contributed by atoms with van der Waals surface area (Å²) in [5, 5.41) is 3.38. The first-order chi connectivity index (χ1) is 11.5. The standard InChI is InChI=1S/C19H14BrNO3/c1-9-6-10(2)17-13(7-9)16(22)14-15(21-19(23)18(14)24-17)11-4-3-5-12(20)8-11/h3-8,15H,1-2H3,(H,21,23). The van der Waals surface area contributed by atoms with Crippen LogP contribution in [0, 0.1) is 13.8 Å². The van der Waals surface area contributed by atoms with Crippen molar-refractivity contribution in [2.75, 3.05) is 0 Å². The van der Waals surface area contributed by atoms with Crippen molar-refractivity contribution in [3.05, 3.63) is 79.1 Å². The Labute approximate surface area is 146 Å². The fourth-order valence-electron chi connectivity index (χ4n) is 3.30. The van der Waals surface area contributed by atoms with Gasteiger partial charge in [0.1, 0.15) is 5.58 Å². The minimum atomic E-state index is -0.494. The van der Waals surface area contributed by atoms with E-state index in [0.717, 1.165) is 21.2 Å². The van der Waals surface area contributed by atoms with Gasteiger partial charge in [-0.05, 0) is 48.7 Å². The van der Waals surface area contributed by atoms with Crippen LogP contribution in [-0.2, 0) is 0 Å². The molecule has 1 N–H and O–H groups in total. The van der Waals surface area contributed by atoms with Crippen LogP contribution in [0.1, 0.15) is 38.9 Å². The van der Waals surface area contributed by atoms with Gasteiger partial charge in [0.05, 0.1) is 17.0 Å². The highest BCUT2D eigenvalue weighted by Gasteiger charge is 2.36. The molecule has 0 spiro atoms. The SMILES string of the molecule is Cc1cc(C)c2oc3c(c(=O)c2c1)C(c1cccc(Br)c1)NC3=O. The first kappa shape index (κ1) is 15.1. The summed E-state index contributed by atoms with van der Waals surface area (Å²) >= 11 is 3.43. The molecule has 1 aromatic heterocycles. The van der Waals surface area contributed by atoms with Gasteiger partial charge in [0.25, 0.3) is 5.91 Å². The van der Waals surface area contributed by atoms with Gasteiger partial charge in [0.2, 0.25) is 5.76 Å². The summed E-state index contributed by atoms with van der Waals surface area (Å²) < 4.78 is 6.73. The molecule has 2 heterocycles. The number of carbonyl (C=O) groups excluding carboxylic acids is 1. The zero-order valence-electron chi connectivity index (χ0n) is 13.1. The quantitative estimate of drug-likeness (QED) is 0.690. The lowest BCUT2D eigenvalue weighted by Gasteiger charge is -2.12. The molecular weight excluding hydrogens is 370 g/mol. The molecule has 0 radical (unpaired) electrons. The molecule has 0 aliphatic carbocycles. The van der Waals surface area contributed by atoms with Gasteiger partial charge in [-0.15, -0.1) is 0 Å². The Morgan fingerprint density at radius 1 is 1.12 bits per heavy atom. The second-order valence-corrected chi connectivity index (χ2v) is 7.01. The lowest BCUT2D eigenvalue weighted by atomic mass is 9.98. The molecule has 4 rings (SSSR count). The van der Waals surface area contributed by atoms with Crippen LogP contribution < -0.4 is 10.7 Å². The third-order valence-electron chi connectivity index (χ3n) is 4.31. The lowest BCUT2D eigenvalue weighted by molar-refractivity contribution is 0.0938. The number of fused-ring (bicyclic) bond motifs is 2. The molecule has 0 fully saturated rings. The smallest absolute Gasteiger partial charge is 0.288 e. The molecule has 1 unspecified atom stereocenters. The highest BCUT2D eigenvalue weighted by atomic mass is 79.9. The summed E-state index contributed by atoms with van der Waals surface area (Å²) in [6.45, 7) is 3.82. The normalized spacial score (nSPS) is 16.3. The summed E-state index contributed by atoms with van der Waals surface area (Å²) in [4.78, 5) is 25.4. The van der Waals surface area contributed by atoms with E-state index >= 15 is 0 Å². The summed E-state index contributed by atoms with van der Waals surface area (Å²) in [5.74, 6) is -0.238. The molecule has 1 aliphatic rings. The number of halogens is 1. The second kappa shape index (κ2) is 5.31. The average Bonchev–Trinajstić information content (AvgIpc) is 2.86. The zero-order valence-corrected chi connectivity index (χ0v) is 14.7. The van der Waals surface area contributed by atoms with E-state index in [1.165, 1.54) is 0 Å². The number of hydrogen-bond donors (Lipinski definition) is 1. The van der Waals surface area contributed by atoms with E-state index in [4.69, 9.17) is 4.42 Å². The maximum atomic E-state index is 13.1. The van der Waals surface area contributed by atoms with Crippen LogP contribution in [-0.4, -0.2) is 5.91 Å². The molecule has 3 aromatic rings. The van der Waals surface area contributed by atoms with Gasteiger partial charge in [-0.25, -0.2) is 0 Å². The molecule has 1 aliphatic heterocycles. The summed E-state index contributed by atoms with van der Waals surface area (Å²) in [7, 11) is 0. The van der Waals surface area contributed by atoms with Crippen molar-refractivity contribution < 1.29 is 9.21 Å². The fourth-order valence-corrected chi connectivity index (χ4v) is 3.72. The maximum absolute atomic E-state index is 13.1. The van der Waals surface area contributed by atoms with E-state index in [1.807, 2.05) is 50.2 Å². The molecule has 1 atom stereocenters. The van der Waals surface area contributed by atoms with Crippen LogP contribution >= 0.6 is 15.9 Å². The zero-order chi connectivity index (χ0) is 17.0. The predicted octanol–water partition coefficient (Wildman–Crippen LogP) is 4.01. The van der Waals surface area contributed by atoms with Crippen molar-refractivity contribution in [3.63, 3.8) is 0 Å².